The molecule has 112 valence electrons. The fraction of sp³-hybridized carbons (Fsp3) is 0.333. The lowest BCUT2D eigenvalue weighted by Crippen LogP contribution is -2.38. The van der Waals surface area contributed by atoms with Crippen molar-refractivity contribution in [3.8, 4) is 10.7 Å². The van der Waals surface area contributed by atoms with Gasteiger partial charge in [0.05, 0.1) is 4.88 Å². The zero-order chi connectivity index (χ0) is 15.4. The number of aromatic nitrogens is 2. The highest BCUT2D eigenvalue weighted by Gasteiger charge is 2.15. The number of carboxylic acid groups (broad SMARTS) is 1. The number of thiophene rings is 1. The highest BCUT2D eigenvalue weighted by atomic mass is 79.9. The van der Waals surface area contributed by atoms with E-state index in [1.807, 2.05) is 11.4 Å². The molecule has 2 aromatic rings. The lowest BCUT2D eigenvalue weighted by molar-refractivity contribution is -0.141. The first-order valence-corrected chi connectivity index (χ1v) is 7.72. The van der Waals surface area contributed by atoms with Crippen LogP contribution in [0.4, 0.5) is 0 Å². The Morgan fingerprint density at radius 1 is 1.57 bits per heavy atom. The highest BCUT2D eigenvalue weighted by molar-refractivity contribution is 9.10. The first kappa shape index (κ1) is 15.6. The maximum absolute atomic E-state index is 11.5. The summed E-state index contributed by atoms with van der Waals surface area (Å²) in [7, 11) is 0. The zero-order valence-corrected chi connectivity index (χ0v) is 13.4. The maximum Gasteiger partial charge on any atom is 0.325 e. The molecule has 2 rings (SSSR count). The van der Waals surface area contributed by atoms with Crippen LogP contribution in [-0.2, 0) is 16.0 Å². The minimum atomic E-state index is -1.08. The van der Waals surface area contributed by atoms with Crippen LogP contribution in [0.2, 0.25) is 0 Å². The molecule has 0 radical (unpaired) electrons. The maximum atomic E-state index is 11.5. The quantitative estimate of drug-likeness (QED) is 0.802. The molecule has 2 N–H and O–H groups in total. The standard InChI is InChI=1S/C12H12BrN3O4S/c1-6(12(18)19)14-9(17)2-3-10-15-11(16-20-10)8-4-7(13)5-21-8/h4-6H,2-3H2,1H3,(H,14,17)(H,18,19)/t6-/m0/s1. The Hall–Kier alpha value is -1.74. The molecular weight excluding hydrogens is 362 g/mol. The van der Waals surface area contributed by atoms with Gasteiger partial charge < -0.3 is 14.9 Å². The number of hydrogen-bond donors (Lipinski definition) is 2. The zero-order valence-electron chi connectivity index (χ0n) is 11.0. The van der Waals surface area contributed by atoms with Crippen LogP contribution in [0, 0.1) is 0 Å². The molecule has 21 heavy (non-hydrogen) atoms. The summed E-state index contributed by atoms with van der Waals surface area (Å²) in [5.74, 6) is -0.636. The number of rotatable bonds is 6. The third-order valence-electron chi connectivity index (χ3n) is 2.57. The number of carboxylic acids is 1. The van der Waals surface area contributed by atoms with Gasteiger partial charge in [-0.25, -0.2) is 0 Å². The summed E-state index contributed by atoms with van der Waals surface area (Å²) in [6, 6.07) is 0.958. The number of carbonyl (C=O) groups excluding carboxylic acids is 1. The van der Waals surface area contributed by atoms with Crippen molar-refractivity contribution < 1.29 is 19.2 Å². The van der Waals surface area contributed by atoms with Gasteiger partial charge >= 0.3 is 5.97 Å². The van der Waals surface area contributed by atoms with Crippen LogP contribution in [0.5, 0.6) is 0 Å². The van der Waals surface area contributed by atoms with Crippen molar-refractivity contribution >= 4 is 39.1 Å². The molecule has 0 saturated carbocycles. The van der Waals surface area contributed by atoms with Crippen molar-refractivity contribution in [3.05, 3.63) is 21.8 Å². The van der Waals surface area contributed by atoms with Gasteiger partial charge in [0.15, 0.2) is 0 Å². The Kier molecular flexibility index (Phi) is 5.07. The van der Waals surface area contributed by atoms with Crippen LogP contribution in [0.1, 0.15) is 19.2 Å². The molecule has 1 amide bonds. The fourth-order valence-electron chi connectivity index (χ4n) is 1.48. The summed E-state index contributed by atoms with van der Waals surface area (Å²) >= 11 is 4.82. The Morgan fingerprint density at radius 2 is 2.33 bits per heavy atom. The molecule has 0 aliphatic carbocycles. The van der Waals surface area contributed by atoms with E-state index in [1.165, 1.54) is 18.3 Å². The molecule has 0 spiro atoms. The van der Waals surface area contributed by atoms with Crippen molar-refractivity contribution in [1.82, 2.24) is 15.5 Å². The van der Waals surface area contributed by atoms with Gasteiger partial charge in [-0.2, -0.15) is 4.98 Å². The summed E-state index contributed by atoms with van der Waals surface area (Å²) in [4.78, 5) is 27.2. The van der Waals surface area contributed by atoms with Crippen molar-refractivity contribution in [3.63, 3.8) is 0 Å². The van der Waals surface area contributed by atoms with E-state index in [4.69, 9.17) is 9.63 Å². The van der Waals surface area contributed by atoms with Crippen molar-refractivity contribution in [2.45, 2.75) is 25.8 Å². The Labute approximate surface area is 132 Å². The molecule has 0 fully saturated rings. The number of amides is 1. The third-order valence-corrected chi connectivity index (χ3v) is 4.26. The second-order valence-electron chi connectivity index (χ2n) is 4.27. The number of aliphatic carboxylic acids is 1. The SMILES string of the molecule is C[C@H](NC(=O)CCc1nc(-c2cc(Br)cs2)no1)C(=O)O. The molecule has 0 unspecified atom stereocenters. The second kappa shape index (κ2) is 6.81. The molecule has 0 aromatic carbocycles. The molecule has 0 bridgehead atoms. The van der Waals surface area contributed by atoms with E-state index in [0.29, 0.717) is 11.7 Å². The van der Waals surface area contributed by atoms with Crippen LogP contribution in [0.3, 0.4) is 0 Å². The summed E-state index contributed by atoms with van der Waals surface area (Å²) in [6.07, 6.45) is 0.352. The van der Waals surface area contributed by atoms with E-state index in [2.05, 4.69) is 31.4 Å². The Morgan fingerprint density at radius 3 is 2.95 bits per heavy atom. The molecular formula is C12H12BrN3O4S. The topological polar surface area (TPSA) is 105 Å². The van der Waals surface area contributed by atoms with Crippen LogP contribution in [-0.4, -0.2) is 33.2 Å². The summed E-state index contributed by atoms with van der Waals surface area (Å²) < 4.78 is 6.01. The van der Waals surface area contributed by atoms with Crippen molar-refractivity contribution in [1.29, 1.82) is 0 Å². The van der Waals surface area contributed by atoms with Gasteiger partial charge in [0.1, 0.15) is 6.04 Å². The molecule has 2 aromatic heterocycles. The van der Waals surface area contributed by atoms with E-state index in [9.17, 15) is 9.59 Å². The Balaban J connectivity index is 1.88. The van der Waals surface area contributed by atoms with Gasteiger partial charge in [-0.1, -0.05) is 5.16 Å². The number of hydrogen-bond acceptors (Lipinski definition) is 6. The number of nitrogens with zero attached hydrogens (tertiary/aromatic N) is 2. The van der Waals surface area contributed by atoms with E-state index in [-0.39, 0.29) is 18.7 Å². The van der Waals surface area contributed by atoms with E-state index >= 15 is 0 Å². The molecule has 1 atom stereocenters. The van der Waals surface area contributed by atoms with Gasteiger partial charge in [0, 0.05) is 22.7 Å². The largest absolute Gasteiger partial charge is 0.480 e. The molecule has 0 aliphatic heterocycles. The van der Waals surface area contributed by atoms with Gasteiger partial charge in [-0.05, 0) is 28.9 Å². The van der Waals surface area contributed by atoms with E-state index in [1.54, 1.807) is 0 Å². The lowest BCUT2D eigenvalue weighted by Gasteiger charge is -2.07. The average Bonchev–Trinajstić information content (AvgIpc) is 3.04. The minimum Gasteiger partial charge on any atom is -0.480 e. The predicted molar refractivity (Wildman–Crippen MR) is 78.9 cm³/mol. The molecule has 0 saturated heterocycles. The van der Waals surface area contributed by atoms with Gasteiger partial charge in [-0.3, -0.25) is 9.59 Å². The number of halogens is 1. The van der Waals surface area contributed by atoms with Crippen molar-refractivity contribution in [2.24, 2.45) is 0 Å². The lowest BCUT2D eigenvalue weighted by atomic mass is 10.2. The molecule has 9 heteroatoms. The van der Waals surface area contributed by atoms with E-state index in [0.717, 1.165) is 9.35 Å². The normalized spacial score (nSPS) is 12.1. The van der Waals surface area contributed by atoms with Crippen molar-refractivity contribution in [2.75, 3.05) is 0 Å². The third kappa shape index (κ3) is 4.36. The monoisotopic (exact) mass is 373 g/mol. The van der Waals surface area contributed by atoms with Gasteiger partial charge in [-0.15, -0.1) is 11.3 Å². The first-order valence-electron chi connectivity index (χ1n) is 6.05. The fourth-order valence-corrected chi connectivity index (χ4v) is 2.83. The van der Waals surface area contributed by atoms with Crippen LogP contribution >= 0.6 is 27.3 Å². The first-order chi connectivity index (χ1) is 9.95. The second-order valence-corrected chi connectivity index (χ2v) is 6.10. The van der Waals surface area contributed by atoms with Crippen LogP contribution in [0.15, 0.2) is 20.4 Å². The van der Waals surface area contributed by atoms with Gasteiger partial charge in [0.2, 0.25) is 17.6 Å². The number of nitrogens with one attached hydrogen (secondary N) is 1. The minimum absolute atomic E-state index is 0.0907. The summed E-state index contributed by atoms with van der Waals surface area (Å²) in [5, 5.41) is 16.8. The smallest absolute Gasteiger partial charge is 0.325 e. The molecule has 0 aliphatic rings. The van der Waals surface area contributed by atoms with Crippen LogP contribution in [0.25, 0.3) is 10.7 Å². The van der Waals surface area contributed by atoms with Crippen LogP contribution < -0.4 is 5.32 Å². The molecule has 2 heterocycles. The Bertz CT molecular complexity index is 654. The summed E-state index contributed by atoms with van der Waals surface area (Å²) in [5.41, 5.74) is 0. The average molecular weight is 374 g/mol. The summed E-state index contributed by atoms with van der Waals surface area (Å²) in [6.45, 7) is 1.40. The highest BCUT2D eigenvalue weighted by Crippen LogP contribution is 2.27. The number of carbonyl (C=O) groups is 2. The number of aryl methyl sites for hydroxylation is 1. The van der Waals surface area contributed by atoms with Gasteiger partial charge in [0.25, 0.3) is 0 Å². The van der Waals surface area contributed by atoms with E-state index < -0.39 is 12.0 Å². The predicted octanol–water partition coefficient (Wildman–Crippen LogP) is 2.08. The molecule has 7 nitrogen and oxygen atoms in total.